The van der Waals surface area contributed by atoms with E-state index in [2.05, 4.69) is 15.3 Å². The number of hydrogen-bond acceptors (Lipinski definition) is 5. The standard InChI is InChI=1S/C16H18ClN3O3/c1-10-7-14(19-9-18-10)22-13-6-5-11(8-12(13)17)20-15(21)23-16(2,3)4/h5-9H,1-4H3,(H,20,21). The van der Waals surface area contributed by atoms with Gasteiger partial charge in [0.25, 0.3) is 0 Å². The van der Waals surface area contributed by atoms with Crippen LogP contribution in [-0.4, -0.2) is 21.7 Å². The number of halogens is 1. The molecule has 0 aliphatic heterocycles. The van der Waals surface area contributed by atoms with Crippen LogP contribution in [0.15, 0.2) is 30.6 Å². The number of hydrogen-bond donors (Lipinski definition) is 1. The third kappa shape index (κ3) is 5.41. The van der Waals surface area contributed by atoms with Gasteiger partial charge in [-0.1, -0.05) is 11.6 Å². The SMILES string of the molecule is Cc1cc(Oc2ccc(NC(=O)OC(C)(C)C)cc2Cl)ncn1. The molecule has 0 unspecified atom stereocenters. The fourth-order valence-electron chi connectivity index (χ4n) is 1.68. The number of aromatic nitrogens is 2. The zero-order chi connectivity index (χ0) is 17.0. The Labute approximate surface area is 139 Å². The van der Waals surface area contributed by atoms with Crippen LogP contribution in [0.25, 0.3) is 0 Å². The van der Waals surface area contributed by atoms with Gasteiger partial charge in [0.15, 0.2) is 0 Å². The monoisotopic (exact) mass is 335 g/mol. The molecule has 1 amide bonds. The van der Waals surface area contributed by atoms with Gasteiger partial charge in [0, 0.05) is 17.4 Å². The fourth-order valence-corrected chi connectivity index (χ4v) is 1.90. The molecule has 0 spiro atoms. The molecule has 1 aromatic carbocycles. The molecule has 1 heterocycles. The average Bonchev–Trinajstić information content (AvgIpc) is 2.40. The number of nitrogens with one attached hydrogen (secondary N) is 1. The molecule has 0 fully saturated rings. The Morgan fingerprint density at radius 3 is 2.57 bits per heavy atom. The Morgan fingerprint density at radius 1 is 1.22 bits per heavy atom. The van der Waals surface area contributed by atoms with E-state index >= 15 is 0 Å². The molecule has 6 nitrogen and oxygen atoms in total. The lowest BCUT2D eigenvalue weighted by Crippen LogP contribution is -2.27. The highest BCUT2D eigenvalue weighted by Gasteiger charge is 2.16. The maximum Gasteiger partial charge on any atom is 0.412 e. The first-order chi connectivity index (χ1) is 10.7. The largest absolute Gasteiger partial charge is 0.444 e. The summed E-state index contributed by atoms with van der Waals surface area (Å²) in [6.07, 6.45) is 0.866. The van der Waals surface area contributed by atoms with Gasteiger partial charge in [-0.05, 0) is 45.9 Å². The number of nitrogens with zero attached hydrogens (tertiary/aromatic N) is 2. The summed E-state index contributed by atoms with van der Waals surface area (Å²) in [5.74, 6) is 0.826. The molecule has 0 aliphatic rings. The quantitative estimate of drug-likeness (QED) is 0.888. The summed E-state index contributed by atoms with van der Waals surface area (Å²) in [6, 6.07) is 6.59. The van der Waals surface area contributed by atoms with Crippen LogP contribution in [0.5, 0.6) is 11.6 Å². The lowest BCUT2D eigenvalue weighted by molar-refractivity contribution is 0.0636. The molecule has 1 N–H and O–H groups in total. The van der Waals surface area contributed by atoms with Crippen LogP contribution in [0, 0.1) is 6.92 Å². The summed E-state index contributed by atoms with van der Waals surface area (Å²) in [7, 11) is 0. The number of carbonyl (C=O) groups excluding carboxylic acids is 1. The molecular formula is C16H18ClN3O3. The molecule has 0 saturated heterocycles. The number of anilines is 1. The van der Waals surface area contributed by atoms with Gasteiger partial charge >= 0.3 is 6.09 Å². The summed E-state index contributed by atoms with van der Waals surface area (Å²) < 4.78 is 10.8. The predicted molar refractivity (Wildman–Crippen MR) is 88.2 cm³/mol. The Hall–Kier alpha value is -2.34. The van der Waals surface area contributed by atoms with Crippen molar-refractivity contribution in [3.63, 3.8) is 0 Å². The summed E-state index contributed by atoms with van der Waals surface area (Å²) in [5, 5.41) is 2.96. The average molecular weight is 336 g/mol. The van der Waals surface area contributed by atoms with Crippen LogP contribution in [0.1, 0.15) is 26.5 Å². The summed E-state index contributed by atoms with van der Waals surface area (Å²) in [5.41, 5.74) is 0.728. The Morgan fingerprint density at radius 2 is 1.96 bits per heavy atom. The second-order valence-electron chi connectivity index (χ2n) is 5.87. The normalized spacial score (nSPS) is 11.0. The van der Waals surface area contributed by atoms with Crippen molar-refractivity contribution in [2.75, 3.05) is 5.32 Å². The molecule has 0 aliphatic carbocycles. The van der Waals surface area contributed by atoms with Crippen molar-refractivity contribution in [1.82, 2.24) is 9.97 Å². The van der Waals surface area contributed by atoms with Gasteiger partial charge in [-0.25, -0.2) is 14.8 Å². The molecule has 0 radical (unpaired) electrons. The smallest absolute Gasteiger partial charge is 0.412 e. The van der Waals surface area contributed by atoms with E-state index in [0.29, 0.717) is 22.3 Å². The lowest BCUT2D eigenvalue weighted by Gasteiger charge is -2.19. The number of amides is 1. The van der Waals surface area contributed by atoms with E-state index in [1.54, 1.807) is 45.0 Å². The van der Waals surface area contributed by atoms with E-state index in [0.717, 1.165) is 5.69 Å². The molecule has 0 saturated carbocycles. The first-order valence-electron chi connectivity index (χ1n) is 6.99. The Kier molecular flexibility index (Phi) is 5.05. The minimum atomic E-state index is -0.568. The van der Waals surface area contributed by atoms with Crippen molar-refractivity contribution in [2.24, 2.45) is 0 Å². The Bertz CT molecular complexity index is 714. The van der Waals surface area contributed by atoms with Crippen molar-refractivity contribution in [3.05, 3.63) is 41.3 Å². The topological polar surface area (TPSA) is 73.3 Å². The van der Waals surface area contributed by atoms with E-state index in [9.17, 15) is 4.79 Å². The second kappa shape index (κ2) is 6.83. The lowest BCUT2D eigenvalue weighted by atomic mass is 10.2. The van der Waals surface area contributed by atoms with Crippen LogP contribution in [-0.2, 0) is 4.74 Å². The molecule has 23 heavy (non-hydrogen) atoms. The molecule has 7 heteroatoms. The number of benzene rings is 1. The van der Waals surface area contributed by atoms with Crippen molar-refractivity contribution >= 4 is 23.4 Å². The molecule has 2 aromatic rings. The highest BCUT2D eigenvalue weighted by atomic mass is 35.5. The van der Waals surface area contributed by atoms with Gasteiger partial charge in [0.05, 0.1) is 5.02 Å². The van der Waals surface area contributed by atoms with Gasteiger partial charge in [-0.15, -0.1) is 0 Å². The third-order valence-corrected chi connectivity index (χ3v) is 2.87. The van der Waals surface area contributed by atoms with E-state index in [4.69, 9.17) is 21.1 Å². The van der Waals surface area contributed by atoms with E-state index < -0.39 is 11.7 Å². The van der Waals surface area contributed by atoms with Gasteiger partial charge in [0.1, 0.15) is 17.7 Å². The van der Waals surface area contributed by atoms with E-state index in [1.165, 1.54) is 6.33 Å². The van der Waals surface area contributed by atoms with E-state index in [1.807, 2.05) is 6.92 Å². The molecule has 122 valence electrons. The van der Waals surface area contributed by atoms with Crippen molar-refractivity contribution in [2.45, 2.75) is 33.3 Å². The van der Waals surface area contributed by atoms with E-state index in [-0.39, 0.29) is 0 Å². The zero-order valence-electron chi connectivity index (χ0n) is 13.4. The molecular weight excluding hydrogens is 318 g/mol. The minimum Gasteiger partial charge on any atom is -0.444 e. The van der Waals surface area contributed by atoms with Gasteiger partial charge < -0.3 is 9.47 Å². The molecule has 2 rings (SSSR count). The van der Waals surface area contributed by atoms with Crippen LogP contribution in [0.3, 0.4) is 0 Å². The number of rotatable bonds is 3. The highest BCUT2D eigenvalue weighted by Crippen LogP contribution is 2.31. The number of carbonyl (C=O) groups is 1. The van der Waals surface area contributed by atoms with Crippen molar-refractivity contribution in [1.29, 1.82) is 0 Å². The molecule has 1 aromatic heterocycles. The number of ether oxygens (including phenoxy) is 2. The van der Waals surface area contributed by atoms with Crippen LogP contribution in [0.2, 0.25) is 5.02 Å². The molecule has 0 bridgehead atoms. The van der Waals surface area contributed by atoms with Crippen molar-refractivity contribution < 1.29 is 14.3 Å². The van der Waals surface area contributed by atoms with Gasteiger partial charge in [-0.3, -0.25) is 5.32 Å². The van der Waals surface area contributed by atoms with Crippen LogP contribution >= 0.6 is 11.6 Å². The summed E-state index contributed by atoms with van der Waals surface area (Å²) in [6.45, 7) is 7.21. The fraction of sp³-hybridized carbons (Fsp3) is 0.312. The maximum atomic E-state index is 11.7. The van der Waals surface area contributed by atoms with Crippen molar-refractivity contribution in [3.8, 4) is 11.6 Å². The Balaban J connectivity index is 2.07. The predicted octanol–water partition coefficient (Wildman–Crippen LogP) is 4.58. The summed E-state index contributed by atoms with van der Waals surface area (Å²) in [4.78, 5) is 19.7. The van der Waals surface area contributed by atoms with Crippen LogP contribution < -0.4 is 10.1 Å². The third-order valence-electron chi connectivity index (χ3n) is 2.57. The first-order valence-corrected chi connectivity index (χ1v) is 7.37. The first kappa shape index (κ1) is 17.0. The number of aryl methyl sites for hydroxylation is 1. The minimum absolute atomic E-state index is 0.342. The summed E-state index contributed by atoms with van der Waals surface area (Å²) >= 11 is 6.18. The zero-order valence-corrected chi connectivity index (χ0v) is 14.1. The highest BCUT2D eigenvalue weighted by molar-refractivity contribution is 6.32. The van der Waals surface area contributed by atoms with Crippen LogP contribution in [0.4, 0.5) is 10.5 Å². The van der Waals surface area contributed by atoms with Gasteiger partial charge in [0.2, 0.25) is 5.88 Å². The van der Waals surface area contributed by atoms with Gasteiger partial charge in [-0.2, -0.15) is 0 Å². The molecule has 0 atom stereocenters. The second-order valence-corrected chi connectivity index (χ2v) is 6.28. The maximum absolute atomic E-state index is 11.7.